The fourth-order valence-corrected chi connectivity index (χ4v) is 3.47. The molecule has 0 nitrogen and oxygen atoms in total. The van der Waals surface area contributed by atoms with E-state index in [0.29, 0.717) is 0 Å². The number of hydrogen-bond donors (Lipinski definition) is 0. The van der Waals surface area contributed by atoms with E-state index in [1.54, 1.807) is 0 Å². The molecule has 0 radical (unpaired) electrons. The lowest BCUT2D eigenvalue weighted by molar-refractivity contribution is 1.23. The predicted molar refractivity (Wildman–Crippen MR) is 99.5 cm³/mol. The van der Waals surface area contributed by atoms with E-state index in [4.69, 9.17) is 0 Å². The Morgan fingerprint density at radius 1 is 0.739 bits per heavy atom. The van der Waals surface area contributed by atoms with Crippen LogP contribution in [-0.4, -0.2) is 0 Å². The standard InChI is InChI=1S/C23H20/c1-16-11-12-19-8-5-6-10-22(19)23(17(16)2)21-14-13-18-7-3-4-9-20(18)15-21/h3-11,13-15H,12H2,1-2H3. The summed E-state index contributed by atoms with van der Waals surface area (Å²) in [5, 5.41) is 2.59. The number of allylic oxidation sites excluding steroid dienone is 3. The van der Waals surface area contributed by atoms with Crippen molar-refractivity contribution in [3.8, 4) is 0 Å². The van der Waals surface area contributed by atoms with Crippen LogP contribution in [0.15, 0.2) is 84.0 Å². The molecular formula is C23H20. The van der Waals surface area contributed by atoms with Crippen LogP contribution >= 0.6 is 0 Å². The first-order valence-corrected chi connectivity index (χ1v) is 8.19. The maximum Gasteiger partial charge on any atom is -0.00765 e. The lowest BCUT2D eigenvalue weighted by atomic mass is 9.89. The highest BCUT2D eigenvalue weighted by Crippen LogP contribution is 2.36. The summed E-state index contributed by atoms with van der Waals surface area (Å²) in [6.07, 6.45) is 3.36. The van der Waals surface area contributed by atoms with Gasteiger partial charge in [0.15, 0.2) is 0 Å². The first-order valence-electron chi connectivity index (χ1n) is 8.19. The van der Waals surface area contributed by atoms with Crippen molar-refractivity contribution in [3.05, 3.63) is 101 Å². The van der Waals surface area contributed by atoms with E-state index in [1.807, 2.05) is 0 Å². The number of benzene rings is 3. The SMILES string of the molecule is CC1=CCc2ccccc2C(c2ccc3ccccc3c2)=C1C. The second kappa shape index (κ2) is 5.55. The Kier molecular flexibility index (Phi) is 3.38. The molecule has 0 heteroatoms. The van der Waals surface area contributed by atoms with Gasteiger partial charge in [-0.25, -0.2) is 0 Å². The van der Waals surface area contributed by atoms with E-state index >= 15 is 0 Å². The van der Waals surface area contributed by atoms with Crippen molar-refractivity contribution in [3.63, 3.8) is 0 Å². The molecule has 3 aromatic carbocycles. The predicted octanol–water partition coefficient (Wildman–Crippen LogP) is 6.16. The van der Waals surface area contributed by atoms with Crippen molar-refractivity contribution in [2.75, 3.05) is 0 Å². The number of rotatable bonds is 1. The van der Waals surface area contributed by atoms with Gasteiger partial charge in [0, 0.05) is 0 Å². The summed E-state index contributed by atoms with van der Waals surface area (Å²) in [6.45, 7) is 4.47. The molecular weight excluding hydrogens is 276 g/mol. The van der Waals surface area contributed by atoms with Crippen LogP contribution in [0, 0.1) is 0 Å². The molecule has 4 rings (SSSR count). The molecule has 0 atom stereocenters. The third kappa shape index (κ3) is 2.41. The van der Waals surface area contributed by atoms with Crippen LogP contribution in [0.5, 0.6) is 0 Å². The molecule has 1 aliphatic carbocycles. The third-order valence-electron chi connectivity index (χ3n) is 4.92. The maximum atomic E-state index is 2.35. The number of fused-ring (bicyclic) bond motifs is 2. The maximum absolute atomic E-state index is 2.35. The lowest BCUT2D eigenvalue weighted by Crippen LogP contribution is -1.95. The van der Waals surface area contributed by atoms with Gasteiger partial charge >= 0.3 is 0 Å². The number of hydrogen-bond acceptors (Lipinski definition) is 0. The van der Waals surface area contributed by atoms with Gasteiger partial charge in [0.1, 0.15) is 0 Å². The van der Waals surface area contributed by atoms with Gasteiger partial charge < -0.3 is 0 Å². The van der Waals surface area contributed by atoms with Gasteiger partial charge in [-0.1, -0.05) is 72.3 Å². The first-order chi connectivity index (χ1) is 11.2. The second-order valence-corrected chi connectivity index (χ2v) is 6.31. The molecule has 0 amide bonds. The van der Waals surface area contributed by atoms with E-state index in [-0.39, 0.29) is 0 Å². The van der Waals surface area contributed by atoms with Crippen LogP contribution in [0.4, 0.5) is 0 Å². The van der Waals surface area contributed by atoms with Gasteiger partial charge in [0.25, 0.3) is 0 Å². The molecule has 0 saturated heterocycles. The van der Waals surface area contributed by atoms with Crippen molar-refractivity contribution >= 4 is 16.3 Å². The van der Waals surface area contributed by atoms with E-state index in [1.165, 1.54) is 44.2 Å². The molecule has 0 bridgehead atoms. The van der Waals surface area contributed by atoms with E-state index in [2.05, 4.69) is 86.7 Å². The van der Waals surface area contributed by atoms with Crippen molar-refractivity contribution < 1.29 is 0 Å². The molecule has 0 fully saturated rings. The van der Waals surface area contributed by atoms with Gasteiger partial charge in [-0.05, 0) is 64.9 Å². The summed E-state index contributed by atoms with van der Waals surface area (Å²) in [4.78, 5) is 0. The van der Waals surface area contributed by atoms with Crippen LogP contribution in [-0.2, 0) is 6.42 Å². The van der Waals surface area contributed by atoms with Crippen LogP contribution in [0.25, 0.3) is 16.3 Å². The minimum absolute atomic E-state index is 1.01. The normalized spacial score (nSPS) is 14.4. The van der Waals surface area contributed by atoms with Crippen molar-refractivity contribution in [2.24, 2.45) is 0 Å². The van der Waals surface area contributed by atoms with E-state index in [0.717, 1.165) is 6.42 Å². The zero-order valence-corrected chi connectivity index (χ0v) is 13.6. The lowest BCUT2D eigenvalue weighted by Gasteiger charge is -2.15. The summed E-state index contributed by atoms with van der Waals surface area (Å²) in [6, 6.07) is 24.2. The molecule has 1 aliphatic rings. The van der Waals surface area contributed by atoms with Crippen molar-refractivity contribution in [2.45, 2.75) is 20.3 Å². The monoisotopic (exact) mass is 296 g/mol. The zero-order chi connectivity index (χ0) is 15.8. The van der Waals surface area contributed by atoms with Crippen molar-refractivity contribution in [1.29, 1.82) is 0 Å². The van der Waals surface area contributed by atoms with Gasteiger partial charge in [0.05, 0.1) is 0 Å². The summed E-state index contributed by atoms with van der Waals surface area (Å²) >= 11 is 0. The first kappa shape index (κ1) is 14.0. The molecule has 112 valence electrons. The van der Waals surface area contributed by atoms with Crippen LogP contribution in [0.2, 0.25) is 0 Å². The molecule has 23 heavy (non-hydrogen) atoms. The smallest absolute Gasteiger partial charge is 0.00765 e. The van der Waals surface area contributed by atoms with Crippen LogP contribution in [0.3, 0.4) is 0 Å². The Balaban J connectivity index is 2.00. The Bertz CT molecular complexity index is 954. The Morgan fingerprint density at radius 3 is 2.35 bits per heavy atom. The quantitative estimate of drug-likeness (QED) is 0.504. The van der Waals surface area contributed by atoms with E-state index in [9.17, 15) is 0 Å². The minimum atomic E-state index is 1.01. The molecule has 0 N–H and O–H groups in total. The Morgan fingerprint density at radius 2 is 1.48 bits per heavy atom. The average molecular weight is 296 g/mol. The van der Waals surface area contributed by atoms with E-state index < -0.39 is 0 Å². The summed E-state index contributed by atoms with van der Waals surface area (Å²) in [5.41, 5.74) is 8.22. The molecule has 0 saturated carbocycles. The largest absolute Gasteiger partial charge is 0.0769 e. The summed E-state index contributed by atoms with van der Waals surface area (Å²) in [5.74, 6) is 0. The van der Waals surface area contributed by atoms with Crippen LogP contribution in [0.1, 0.15) is 30.5 Å². The molecule has 0 spiro atoms. The second-order valence-electron chi connectivity index (χ2n) is 6.31. The Labute approximate surface area is 137 Å². The van der Waals surface area contributed by atoms with Crippen LogP contribution < -0.4 is 0 Å². The molecule has 3 aromatic rings. The van der Waals surface area contributed by atoms with Gasteiger partial charge in [0.2, 0.25) is 0 Å². The zero-order valence-electron chi connectivity index (χ0n) is 13.6. The molecule has 0 unspecified atom stereocenters. The fourth-order valence-electron chi connectivity index (χ4n) is 3.47. The fraction of sp³-hybridized carbons (Fsp3) is 0.130. The summed E-state index contributed by atoms with van der Waals surface area (Å²) in [7, 11) is 0. The highest BCUT2D eigenvalue weighted by atomic mass is 14.2. The molecule has 0 aromatic heterocycles. The Hall–Kier alpha value is -2.60. The van der Waals surface area contributed by atoms with Gasteiger partial charge in [-0.3, -0.25) is 0 Å². The molecule has 0 aliphatic heterocycles. The minimum Gasteiger partial charge on any atom is -0.0769 e. The molecule has 0 heterocycles. The van der Waals surface area contributed by atoms with Gasteiger partial charge in [-0.2, -0.15) is 0 Å². The van der Waals surface area contributed by atoms with Gasteiger partial charge in [-0.15, -0.1) is 0 Å². The van der Waals surface area contributed by atoms with Crippen molar-refractivity contribution in [1.82, 2.24) is 0 Å². The average Bonchev–Trinajstić information content (AvgIpc) is 2.72. The topological polar surface area (TPSA) is 0 Å². The highest BCUT2D eigenvalue weighted by molar-refractivity contribution is 5.92. The third-order valence-corrected chi connectivity index (χ3v) is 4.92. The highest BCUT2D eigenvalue weighted by Gasteiger charge is 2.16. The summed E-state index contributed by atoms with van der Waals surface area (Å²) < 4.78 is 0.